The molecule has 0 amide bonds. The fourth-order valence-corrected chi connectivity index (χ4v) is 9.48. The SMILES string of the molecule is CN(C1CC1)[C@@H]1CCC2=CC3=CC[C@]4(C)[C@@H](c5ccc6ccccc6c5)CC[C@H]4[C@@]34CCC2(C1)O4. The maximum absolute atomic E-state index is 7.53. The van der Waals surface area contributed by atoms with Crippen molar-refractivity contribution >= 4 is 10.8 Å². The van der Waals surface area contributed by atoms with Crippen molar-refractivity contribution in [1.29, 1.82) is 0 Å². The molecule has 0 N–H and O–H groups in total. The zero-order valence-corrected chi connectivity index (χ0v) is 21.4. The number of hydrogen-bond acceptors (Lipinski definition) is 2. The predicted octanol–water partition coefficient (Wildman–Crippen LogP) is 7.54. The van der Waals surface area contributed by atoms with Gasteiger partial charge in [-0.25, -0.2) is 0 Å². The highest BCUT2D eigenvalue weighted by molar-refractivity contribution is 5.83. The zero-order valence-electron chi connectivity index (χ0n) is 21.4. The van der Waals surface area contributed by atoms with Crippen molar-refractivity contribution in [2.75, 3.05) is 7.05 Å². The lowest BCUT2D eigenvalue weighted by molar-refractivity contribution is -0.140. The molecule has 6 aliphatic rings. The van der Waals surface area contributed by atoms with Crippen LogP contribution in [-0.2, 0) is 4.74 Å². The molecular weight excluding hydrogens is 426 g/mol. The Morgan fingerprint density at radius 1 is 0.914 bits per heavy atom. The maximum atomic E-state index is 7.53. The Bertz CT molecular complexity index is 1270. The van der Waals surface area contributed by atoms with Crippen LogP contribution in [0.5, 0.6) is 0 Å². The number of fused-ring (bicyclic) bond motifs is 2. The molecule has 2 nitrogen and oxygen atoms in total. The highest BCUT2D eigenvalue weighted by Gasteiger charge is 2.66. The predicted molar refractivity (Wildman–Crippen MR) is 143 cm³/mol. The number of ether oxygens (including phenoxy) is 1. The summed E-state index contributed by atoms with van der Waals surface area (Å²) in [4.78, 5) is 2.71. The van der Waals surface area contributed by atoms with E-state index in [1.165, 1.54) is 75.0 Å². The third kappa shape index (κ3) is 2.85. The van der Waals surface area contributed by atoms with E-state index in [1.807, 2.05) is 0 Å². The van der Waals surface area contributed by atoms with Crippen LogP contribution >= 0.6 is 0 Å². The molecule has 2 aromatic rings. The molecule has 1 unspecified atom stereocenters. The van der Waals surface area contributed by atoms with Gasteiger partial charge in [0.1, 0.15) is 0 Å². The number of hydrogen-bond donors (Lipinski definition) is 0. The summed E-state index contributed by atoms with van der Waals surface area (Å²) in [6, 6.07) is 17.6. The molecule has 182 valence electrons. The molecule has 3 saturated carbocycles. The summed E-state index contributed by atoms with van der Waals surface area (Å²) in [5, 5.41) is 2.74. The second-order valence-corrected chi connectivity index (χ2v) is 13.1. The zero-order chi connectivity index (χ0) is 23.4. The van der Waals surface area contributed by atoms with Gasteiger partial charge in [0.15, 0.2) is 0 Å². The first-order valence-corrected chi connectivity index (χ1v) is 14.3. The summed E-state index contributed by atoms with van der Waals surface area (Å²) in [7, 11) is 2.38. The van der Waals surface area contributed by atoms with Crippen LogP contribution in [0, 0.1) is 11.3 Å². The molecule has 4 fully saturated rings. The van der Waals surface area contributed by atoms with Crippen LogP contribution in [0.1, 0.15) is 82.6 Å². The molecule has 0 aromatic heterocycles. The van der Waals surface area contributed by atoms with E-state index in [0.29, 0.717) is 17.9 Å². The van der Waals surface area contributed by atoms with Gasteiger partial charge < -0.3 is 9.64 Å². The van der Waals surface area contributed by atoms with Crippen LogP contribution in [0.15, 0.2) is 65.8 Å². The Balaban J connectivity index is 1.15. The fraction of sp³-hybridized carbons (Fsp3) is 0.576. The van der Waals surface area contributed by atoms with Gasteiger partial charge in [-0.2, -0.15) is 0 Å². The standard InChI is InChI=1S/C33H39NO/c1-31-16-15-26-20-25-9-10-28(34(2)27-11-12-27)21-32(25)17-18-33(26,35-32)30(31)14-13-29(31)24-8-7-22-5-3-4-6-23(22)19-24/h3-8,15,19-20,27-30H,9-14,16-18,21H2,1-2H3/t28-,29-,30-,31-,32?,33-/m1/s1. The smallest absolute Gasteiger partial charge is 0.0974 e. The third-order valence-electron chi connectivity index (χ3n) is 11.5. The van der Waals surface area contributed by atoms with Crippen molar-refractivity contribution in [3.8, 4) is 0 Å². The van der Waals surface area contributed by atoms with Crippen LogP contribution in [-0.4, -0.2) is 35.2 Å². The normalized spacial score (nSPS) is 41.9. The molecule has 2 aromatic carbocycles. The molecule has 2 bridgehead atoms. The largest absolute Gasteiger partial charge is 0.359 e. The first-order valence-electron chi connectivity index (χ1n) is 14.3. The van der Waals surface area contributed by atoms with Crippen LogP contribution in [0.2, 0.25) is 0 Å². The minimum Gasteiger partial charge on any atom is -0.359 e. The molecule has 1 saturated heterocycles. The van der Waals surface area contributed by atoms with E-state index in [0.717, 1.165) is 6.04 Å². The van der Waals surface area contributed by atoms with Gasteiger partial charge in [-0.05, 0) is 116 Å². The van der Waals surface area contributed by atoms with E-state index in [2.05, 4.69) is 73.5 Å². The summed E-state index contributed by atoms with van der Waals surface area (Å²) >= 11 is 0. The monoisotopic (exact) mass is 465 g/mol. The lowest BCUT2D eigenvalue weighted by atomic mass is 9.58. The van der Waals surface area contributed by atoms with Gasteiger partial charge in [-0.1, -0.05) is 61.5 Å². The van der Waals surface area contributed by atoms with Crippen molar-refractivity contribution < 1.29 is 4.74 Å². The number of nitrogens with zero attached hydrogens (tertiary/aromatic N) is 1. The molecular formula is C33H39NO. The second kappa shape index (κ2) is 7.11. The van der Waals surface area contributed by atoms with Crippen LogP contribution < -0.4 is 0 Å². The van der Waals surface area contributed by atoms with Gasteiger partial charge in [0, 0.05) is 12.1 Å². The summed E-state index contributed by atoms with van der Waals surface area (Å²) in [5.41, 5.74) is 4.98. The van der Waals surface area contributed by atoms with Crippen molar-refractivity contribution in [2.45, 2.75) is 100 Å². The minimum absolute atomic E-state index is 0.0166. The number of allylic oxidation sites excluding steroid dienone is 1. The fourth-order valence-electron chi connectivity index (χ4n) is 9.48. The Labute approximate surface area is 210 Å². The summed E-state index contributed by atoms with van der Waals surface area (Å²) in [6.45, 7) is 2.60. The Kier molecular flexibility index (Phi) is 4.31. The quantitative estimate of drug-likeness (QED) is 0.464. The molecule has 2 heterocycles. The van der Waals surface area contributed by atoms with E-state index >= 15 is 0 Å². The van der Waals surface area contributed by atoms with Crippen molar-refractivity contribution in [1.82, 2.24) is 4.90 Å². The van der Waals surface area contributed by atoms with Gasteiger partial charge in [0.25, 0.3) is 0 Å². The highest BCUT2D eigenvalue weighted by Crippen LogP contribution is 2.69. The lowest BCUT2D eigenvalue weighted by Gasteiger charge is -2.55. The van der Waals surface area contributed by atoms with Crippen molar-refractivity contribution in [2.24, 2.45) is 11.3 Å². The van der Waals surface area contributed by atoms with Crippen molar-refractivity contribution in [3.63, 3.8) is 0 Å². The van der Waals surface area contributed by atoms with E-state index < -0.39 is 0 Å². The van der Waals surface area contributed by atoms with Gasteiger partial charge in [-0.3, -0.25) is 0 Å². The van der Waals surface area contributed by atoms with E-state index in [4.69, 9.17) is 4.74 Å². The first-order chi connectivity index (χ1) is 17.0. The average Bonchev–Trinajstić information content (AvgIpc) is 3.60. The molecule has 0 radical (unpaired) electrons. The molecule has 4 aliphatic carbocycles. The highest BCUT2D eigenvalue weighted by atomic mass is 16.5. The number of rotatable bonds is 3. The van der Waals surface area contributed by atoms with Gasteiger partial charge in [0.2, 0.25) is 0 Å². The molecule has 35 heavy (non-hydrogen) atoms. The van der Waals surface area contributed by atoms with Gasteiger partial charge in [0.05, 0.1) is 11.2 Å². The molecule has 2 heteroatoms. The van der Waals surface area contributed by atoms with Crippen molar-refractivity contribution in [3.05, 3.63) is 71.3 Å². The Morgan fingerprint density at radius 2 is 1.77 bits per heavy atom. The molecule has 6 atom stereocenters. The number of benzene rings is 2. The van der Waals surface area contributed by atoms with Crippen LogP contribution in [0.4, 0.5) is 0 Å². The average molecular weight is 466 g/mol. The summed E-state index contributed by atoms with van der Waals surface area (Å²) < 4.78 is 7.53. The second-order valence-electron chi connectivity index (χ2n) is 13.1. The maximum Gasteiger partial charge on any atom is 0.0974 e. The Morgan fingerprint density at radius 3 is 2.63 bits per heavy atom. The van der Waals surface area contributed by atoms with E-state index in [-0.39, 0.29) is 16.6 Å². The lowest BCUT2D eigenvalue weighted by Crippen LogP contribution is -2.55. The van der Waals surface area contributed by atoms with Gasteiger partial charge in [-0.15, -0.1) is 0 Å². The first kappa shape index (κ1) is 21.2. The van der Waals surface area contributed by atoms with Crippen LogP contribution in [0.25, 0.3) is 10.8 Å². The molecule has 2 spiro atoms. The van der Waals surface area contributed by atoms with Crippen LogP contribution in [0.3, 0.4) is 0 Å². The van der Waals surface area contributed by atoms with E-state index in [9.17, 15) is 0 Å². The molecule has 2 aliphatic heterocycles. The Hall–Kier alpha value is -1.90. The topological polar surface area (TPSA) is 12.5 Å². The molecule has 8 rings (SSSR count). The summed E-state index contributed by atoms with van der Waals surface area (Å²) in [6.07, 6.45) is 18.1. The van der Waals surface area contributed by atoms with E-state index in [1.54, 1.807) is 16.7 Å². The van der Waals surface area contributed by atoms with Gasteiger partial charge >= 0.3 is 0 Å². The third-order valence-corrected chi connectivity index (χ3v) is 11.5. The summed E-state index contributed by atoms with van der Waals surface area (Å²) in [5.74, 6) is 1.25. The minimum atomic E-state index is -0.0395.